The molecule has 1 atom stereocenters. The number of ether oxygens (including phenoxy) is 1. The molecule has 116 valence electrons. The normalized spacial score (nSPS) is 19.6. The van der Waals surface area contributed by atoms with Gasteiger partial charge in [0.2, 0.25) is 0 Å². The van der Waals surface area contributed by atoms with Gasteiger partial charge in [-0.1, -0.05) is 11.6 Å². The second-order valence-electron chi connectivity index (χ2n) is 6.17. The summed E-state index contributed by atoms with van der Waals surface area (Å²) < 4.78 is 5.43. The quantitative estimate of drug-likeness (QED) is 0.797. The molecule has 0 radical (unpaired) electrons. The highest BCUT2D eigenvalue weighted by atomic mass is 35.5. The SMILES string of the molecule is CC1CN(c2cncc(Cl)n2)CCN1C(=O)OC(C)(C)C. The molecular formula is C14H21ClN4O2. The fourth-order valence-corrected chi connectivity index (χ4v) is 2.39. The van der Waals surface area contributed by atoms with Crippen LogP contribution in [0.25, 0.3) is 0 Å². The number of halogens is 1. The largest absolute Gasteiger partial charge is 0.444 e. The van der Waals surface area contributed by atoms with Crippen molar-refractivity contribution >= 4 is 23.5 Å². The van der Waals surface area contributed by atoms with Gasteiger partial charge in [-0.05, 0) is 27.7 Å². The number of carbonyl (C=O) groups is 1. The molecule has 21 heavy (non-hydrogen) atoms. The molecule has 1 aliphatic rings. The first-order chi connectivity index (χ1) is 9.76. The molecule has 1 saturated heterocycles. The zero-order valence-corrected chi connectivity index (χ0v) is 13.6. The zero-order chi connectivity index (χ0) is 15.6. The molecule has 1 aromatic heterocycles. The van der Waals surface area contributed by atoms with Crippen molar-refractivity contribution < 1.29 is 9.53 Å². The summed E-state index contributed by atoms with van der Waals surface area (Å²) in [5.41, 5.74) is -0.480. The van der Waals surface area contributed by atoms with Gasteiger partial charge in [0, 0.05) is 25.7 Å². The monoisotopic (exact) mass is 312 g/mol. The van der Waals surface area contributed by atoms with Crippen LogP contribution in [0.15, 0.2) is 12.4 Å². The average Bonchev–Trinajstić information content (AvgIpc) is 2.36. The zero-order valence-electron chi connectivity index (χ0n) is 12.8. The second-order valence-corrected chi connectivity index (χ2v) is 6.56. The van der Waals surface area contributed by atoms with Gasteiger partial charge in [0.15, 0.2) is 0 Å². The number of anilines is 1. The van der Waals surface area contributed by atoms with Crippen molar-refractivity contribution in [2.45, 2.75) is 39.3 Å². The number of hydrogen-bond acceptors (Lipinski definition) is 5. The lowest BCUT2D eigenvalue weighted by molar-refractivity contribution is 0.0158. The van der Waals surface area contributed by atoms with Crippen molar-refractivity contribution in [3.05, 3.63) is 17.5 Å². The summed E-state index contributed by atoms with van der Waals surface area (Å²) in [6.07, 6.45) is 2.92. The molecule has 1 aromatic rings. The second kappa shape index (κ2) is 6.05. The number of amides is 1. The first kappa shape index (κ1) is 15.8. The third kappa shape index (κ3) is 4.20. The first-order valence-corrected chi connectivity index (χ1v) is 7.36. The summed E-state index contributed by atoms with van der Waals surface area (Å²) in [7, 11) is 0. The van der Waals surface area contributed by atoms with E-state index in [1.165, 1.54) is 6.20 Å². The fraction of sp³-hybridized carbons (Fsp3) is 0.643. The van der Waals surface area contributed by atoms with Gasteiger partial charge in [0.05, 0.1) is 12.4 Å². The third-order valence-corrected chi connectivity index (χ3v) is 3.35. The van der Waals surface area contributed by atoms with E-state index in [-0.39, 0.29) is 12.1 Å². The van der Waals surface area contributed by atoms with Crippen molar-refractivity contribution in [1.29, 1.82) is 0 Å². The number of hydrogen-bond donors (Lipinski definition) is 0. The van der Waals surface area contributed by atoms with Crippen LogP contribution in [0.1, 0.15) is 27.7 Å². The van der Waals surface area contributed by atoms with Crippen LogP contribution < -0.4 is 4.90 Å². The summed E-state index contributed by atoms with van der Waals surface area (Å²) in [5.74, 6) is 0.734. The molecule has 0 saturated carbocycles. The van der Waals surface area contributed by atoms with Crippen molar-refractivity contribution in [2.24, 2.45) is 0 Å². The number of nitrogens with zero attached hydrogens (tertiary/aromatic N) is 4. The summed E-state index contributed by atoms with van der Waals surface area (Å²) >= 11 is 5.87. The Morgan fingerprint density at radius 1 is 1.38 bits per heavy atom. The van der Waals surface area contributed by atoms with Gasteiger partial charge >= 0.3 is 6.09 Å². The molecule has 7 heteroatoms. The lowest BCUT2D eigenvalue weighted by Gasteiger charge is -2.40. The van der Waals surface area contributed by atoms with Crippen molar-refractivity contribution in [3.8, 4) is 0 Å². The van der Waals surface area contributed by atoms with E-state index in [4.69, 9.17) is 16.3 Å². The van der Waals surface area contributed by atoms with Gasteiger partial charge in [-0.15, -0.1) is 0 Å². The number of carbonyl (C=O) groups excluding carboxylic acids is 1. The Kier molecular flexibility index (Phi) is 4.56. The third-order valence-electron chi connectivity index (χ3n) is 3.17. The Labute approximate surface area is 130 Å². The van der Waals surface area contributed by atoms with Crippen LogP contribution in [0, 0.1) is 0 Å². The Balaban J connectivity index is 2.01. The van der Waals surface area contributed by atoms with Gasteiger partial charge in [-0.25, -0.2) is 9.78 Å². The minimum absolute atomic E-state index is 0.0365. The van der Waals surface area contributed by atoms with Crippen LogP contribution >= 0.6 is 11.6 Å². The van der Waals surface area contributed by atoms with Crippen LogP contribution in [0.3, 0.4) is 0 Å². The summed E-state index contributed by atoms with van der Waals surface area (Å²) in [6, 6.07) is 0.0365. The van der Waals surface area contributed by atoms with E-state index in [0.717, 1.165) is 5.82 Å². The summed E-state index contributed by atoms with van der Waals surface area (Å²) in [5, 5.41) is 0.370. The van der Waals surface area contributed by atoms with Gasteiger partial charge < -0.3 is 14.5 Å². The van der Waals surface area contributed by atoms with Crippen LogP contribution in [0.4, 0.5) is 10.6 Å². The predicted octanol–water partition coefficient (Wildman–Crippen LogP) is 2.58. The predicted molar refractivity (Wildman–Crippen MR) is 81.7 cm³/mol. The first-order valence-electron chi connectivity index (χ1n) is 6.98. The van der Waals surface area contributed by atoms with Crippen LogP contribution in [0.5, 0.6) is 0 Å². The minimum Gasteiger partial charge on any atom is -0.444 e. The van der Waals surface area contributed by atoms with Crippen molar-refractivity contribution in [1.82, 2.24) is 14.9 Å². The maximum atomic E-state index is 12.2. The minimum atomic E-state index is -0.480. The van der Waals surface area contributed by atoms with E-state index >= 15 is 0 Å². The number of rotatable bonds is 1. The van der Waals surface area contributed by atoms with Gasteiger partial charge in [0.25, 0.3) is 0 Å². The van der Waals surface area contributed by atoms with E-state index in [9.17, 15) is 4.79 Å². The van der Waals surface area contributed by atoms with E-state index < -0.39 is 5.60 Å². The smallest absolute Gasteiger partial charge is 0.410 e. The van der Waals surface area contributed by atoms with Crippen LogP contribution in [-0.4, -0.2) is 52.2 Å². The van der Waals surface area contributed by atoms with Crippen LogP contribution in [0.2, 0.25) is 5.15 Å². The molecule has 2 rings (SSSR count). The molecule has 0 bridgehead atoms. The molecule has 0 N–H and O–H groups in total. The van der Waals surface area contributed by atoms with E-state index in [1.807, 2.05) is 27.7 Å². The lowest BCUT2D eigenvalue weighted by atomic mass is 10.2. The van der Waals surface area contributed by atoms with Gasteiger partial charge in [0.1, 0.15) is 16.6 Å². The fourth-order valence-electron chi connectivity index (χ4n) is 2.24. The van der Waals surface area contributed by atoms with Gasteiger partial charge in [-0.2, -0.15) is 0 Å². The number of piperazine rings is 1. The summed E-state index contributed by atoms with van der Waals surface area (Å²) in [4.78, 5) is 24.3. The highest BCUT2D eigenvalue weighted by molar-refractivity contribution is 6.29. The standard InChI is InChI=1S/C14H21ClN4O2/c1-10-9-18(12-8-16-7-11(15)17-12)5-6-19(10)13(20)21-14(2,3)4/h7-8,10H,5-6,9H2,1-4H3. The topological polar surface area (TPSA) is 58.6 Å². The van der Waals surface area contributed by atoms with Crippen molar-refractivity contribution in [3.63, 3.8) is 0 Å². The van der Waals surface area contributed by atoms with E-state index in [1.54, 1.807) is 11.1 Å². The molecular weight excluding hydrogens is 292 g/mol. The Bertz CT molecular complexity index is 518. The highest BCUT2D eigenvalue weighted by Gasteiger charge is 2.31. The summed E-state index contributed by atoms with van der Waals surface area (Å²) in [6.45, 7) is 9.54. The Morgan fingerprint density at radius 3 is 2.67 bits per heavy atom. The molecule has 0 aliphatic carbocycles. The average molecular weight is 313 g/mol. The molecule has 1 amide bonds. The molecule has 0 spiro atoms. The van der Waals surface area contributed by atoms with Gasteiger partial charge in [-0.3, -0.25) is 4.98 Å². The van der Waals surface area contributed by atoms with Crippen LogP contribution in [-0.2, 0) is 4.74 Å². The molecule has 0 aromatic carbocycles. The molecule has 2 heterocycles. The lowest BCUT2D eigenvalue weighted by Crippen LogP contribution is -2.55. The highest BCUT2D eigenvalue weighted by Crippen LogP contribution is 2.20. The Hall–Kier alpha value is -1.56. The maximum Gasteiger partial charge on any atom is 0.410 e. The number of aromatic nitrogens is 2. The van der Waals surface area contributed by atoms with E-state index in [2.05, 4.69) is 14.9 Å². The van der Waals surface area contributed by atoms with E-state index in [0.29, 0.717) is 24.8 Å². The molecule has 1 fully saturated rings. The molecule has 6 nitrogen and oxygen atoms in total. The maximum absolute atomic E-state index is 12.2. The Morgan fingerprint density at radius 2 is 2.10 bits per heavy atom. The molecule has 1 unspecified atom stereocenters. The molecule has 1 aliphatic heterocycles. The van der Waals surface area contributed by atoms with Crippen molar-refractivity contribution in [2.75, 3.05) is 24.5 Å².